The number of carbonyl (C=O) groups is 3. The van der Waals surface area contributed by atoms with Crippen LogP contribution in [0.2, 0.25) is 5.02 Å². The number of imide groups is 2. The number of ether oxygens (including phenoxy) is 1. The lowest BCUT2D eigenvalue weighted by Gasteiger charge is -2.27. The lowest BCUT2D eigenvalue weighted by Crippen LogP contribution is -2.54. The van der Waals surface area contributed by atoms with Gasteiger partial charge in [0.15, 0.2) is 0 Å². The molecule has 3 aromatic rings. The summed E-state index contributed by atoms with van der Waals surface area (Å²) in [6.07, 6.45) is 2.10. The number of anilines is 1. The van der Waals surface area contributed by atoms with Crippen LogP contribution in [0.5, 0.6) is 5.75 Å². The molecule has 0 radical (unpaired) electrons. The summed E-state index contributed by atoms with van der Waals surface area (Å²) >= 11 is 6.11. The van der Waals surface area contributed by atoms with Gasteiger partial charge in [-0.05, 0) is 79.8 Å². The van der Waals surface area contributed by atoms with E-state index in [2.05, 4.69) is 23.5 Å². The van der Waals surface area contributed by atoms with Gasteiger partial charge < -0.3 is 4.74 Å². The number of methoxy groups -OCH3 is 1. The minimum atomic E-state index is -0.812. The lowest BCUT2D eigenvalue weighted by molar-refractivity contribution is -0.122. The molecule has 0 bridgehead atoms. The summed E-state index contributed by atoms with van der Waals surface area (Å²) in [5, 5.41) is 2.65. The Hall–Kier alpha value is -3.90. The third kappa shape index (κ3) is 5.12. The van der Waals surface area contributed by atoms with Crippen LogP contribution in [-0.4, -0.2) is 25.0 Å². The number of benzene rings is 3. The molecule has 1 aliphatic heterocycles. The molecule has 4 amide bonds. The predicted octanol–water partition coefficient (Wildman–Crippen LogP) is 5.53. The van der Waals surface area contributed by atoms with Crippen molar-refractivity contribution >= 4 is 41.2 Å². The number of nitrogens with one attached hydrogen (secondary N) is 1. The summed E-state index contributed by atoms with van der Waals surface area (Å²) in [5.41, 5.74) is 5.81. The molecular weight excluding hydrogens is 464 g/mol. The zero-order valence-corrected chi connectivity index (χ0v) is 20.7. The van der Waals surface area contributed by atoms with E-state index in [1.807, 2.05) is 19.9 Å². The number of nitrogens with zero attached hydrogens (tertiary/aromatic N) is 1. The SMILES string of the molecule is COc1ccc(/C=C2\C(=O)NC(=O)N(c3cc(Cl)ccc3C)C2=O)c(Cc2cc(C)cc(C)c2)c1. The van der Waals surface area contributed by atoms with Crippen LogP contribution in [0.4, 0.5) is 10.5 Å². The molecule has 4 rings (SSSR count). The van der Waals surface area contributed by atoms with Crippen LogP contribution in [0, 0.1) is 20.8 Å². The second-order valence-corrected chi connectivity index (χ2v) is 9.06. The third-order valence-electron chi connectivity index (χ3n) is 5.84. The highest BCUT2D eigenvalue weighted by molar-refractivity contribution is 6.39. The van der Waals surface area contributed by atoms with Crippen molar-refractivity contribution in [3.05, 3.63) is 98.6 Å². The summed E-state index contributed by atoms with van der Waals surface area (Å²) in [7, 11) is 1.59. The minimum absolute atomic E-state index is 0.143. The van der Waals surface area contributed by atoms with Gasteiger partial charge in [0, 0.05) is 5.02 Å². The van der Waals surface area contributed by atoms with Crippen LogP contribution in [-0.2, 0) is 16.0 Å². The second-order valence-electron chi connectivity index (χ2n) is 8.63. The number of halogens is 1. The van der Waals surface area contributed by atoms with E-state index in [-0.39, 0.29) is 5.57 Å². The number of rotatable bonds is 5. The Morgan fingerprint density at radius 1 is 0.943 bits per heavy atom. The summed E-state index contributed by atoms with van der Waals surface area (Å²) < 4.78 is 5.41. The van der Waals surface area contributed by atoms with Crippen molar-refractivity contribution in [3.63, 3.8) is 0 Å². The fourth-order valence-electron chi connectivity index (χ4n) is 4.25. The van der Waals surface area contributed by atoms with Gasteiger partial charge >= 0.3 is 6.03 Å². The molecule has 1 aliphatic rings. The molecule has 178 valence electrons. The molecule has 1 N–H and O–H groups in total. The van der Waals surface area contributed by atoms with Crippen LogP contribution in [0.15, 0.2) is 60.2 Å². The van der Waals surface area contributed by atoms with Gasteiger partial charge in [-0.2, -0.15) is 0 Å². The molecule has 0 unspecified atom stereocenters. The fourth-order valence-corrected chi connectivity index (χ4v) is 4.42. The Bertz CT molecular complexity index is 1370. The Morgan fingerprint density at radius 3 is 2.34 bits per heavy atom. The van der Waals surface area contributed by atoms with Crippen LogP contribution in [0.25, 0.3) is 6.08 Å². The number of barbiturate groups is 1. The van der Waals surface area contributed by atoms with Gasteiger partial charge in [-0.3, -0.25) is 14.9 Å². The molecule has 7 heteroatoms. The zero-order chi connectivity index (χ0) is 25.3. The Kier molecular flexibility index (Phi) is 6.76. The third-order valence-corrected chi connectivity index (χ3v) is 6.07. The van der Waals surface area contributed by atoms with E-state index < -0.39 is 17.8 Å². The average Bonchev–Trinajstić information content (AvgIpc) is 2.79. The first-order valence-electron chi connectivity index (χ1n) is 11.1. The van der Waals surface area contributed by atoms with E-state index in [0.717, 1.165) is 27.2 Å². The van der Waals surface area contributed by atoms with Crippen molar-refractivity contribution < 1.29 is 19.1 Å². The standard InChI is InChI=1S/C28H25ClN2O4/c1-16-9-17(2)11-19(10-16)12-21-13-23(35-4)8-6-20(21)14-24-26(32)30-28(34)31(27(24)33)25-15-22(29)7-5-18(25)3/h5-11,13-15H,12H2,1-4H3,(H,30,32,34)/b24-14+. The van der Waals surface area contributed by atoms with Crippen molar-refractivity contribution in [2.75, 3.05) is 12.0 Å². The van der Waals surface area contributed by atoms with Crippen molar-refractivity contribution in [2.24, 2.45) is 0 Å². The van der Waals surface area contributed by atoms with Crippen LogP contribution >= 0.6 is 11.6 Å². The quantitative estimate of drug-likeness (QED) is 0.378. The summed E-state index contributed by atoms with van der Waals surface area (Å²) in [4.78, 5) is 39.7. The largest absolute Gasteiger partial charge is 0.497 e. The zero-order valence-electron chi connectivity index (χ0n) is 19.9. The van der Waals surface area contributed by atoms with Gasteiger partial charge in [-0.25, -0.2) is 9.69 Å². The van der Waals surface area contributed by atoms with Crippen LogP contribution < -0.4 is 15.0 Å². The number of carbonyl (C=O) groups excluding carboxylic acids is 3. The Morgan fingerprint density at radius 2 is 1.66 bits per heavy atom. The highest BCUT2D eigenvalue weighted by Gasteiger charge is 2.37. The maximum Gasteiger partial charge on any atom is 0.335 e. The molecule has 6 nitrogen and oxygen atoms in total. The van der Waals surface area contributed by atoms with Crippen molar-refractivity contribution in [1.82, 2.24) is 5.32 Å². The minimum Gasteiger partial charge on any atom is -0.497 e. The van der Waals surface area contributed by atoms with Crippen LogP contribution in [0.1, 0.15) is 33.4 Å². The second kappa shape index (κ2) is 9.76. The molecule has 0 saturated carbocycles. The first-order chi connectivity index (χ1) is 16.7. The van der Waals surface area contributed by atoms with Crippen molar-refractivity contribution in [2.45, 2.75) is 27.2 Å². The average molecular weight is 489 g/mol. The van der Waals surface area contributed by atoms with Gasteiger partial charge in [-0.15, -0.1) is 0 Å². The monoisotopic (exact) mass is 488 g/mol. The van der Waals surface area contributed by atoms with Gasteiger partial charge in [-0.1, -0.05) is 53.1 Å². The van der Waals surface area contributed by atoms with Gasteiger partial charge in [0.1, 0.15) is 11.3 Å². The molecule has 0 aromatic heterocycles. The van der Waals surface area contributed by atoms with Gasteiger partial charge in [0.05, 0.1) is 12.8 Å². The van der Waals surface area contributed by atoms with E-state index in [1.54, 1.807) is 38.3 Å². The van der Waals surface area contributed by atoms with E-state index in [4.69, 9.17) is 16.3 Å². The predicted molar refractivity (Wildman–Crippen MR) is 137 cm³/mol. The molecule has 0 atom stereocenters. The van der Waals surface area contributed by atoms with E-state index in [1.165, 1.54) is 12.1 Å². The summed E-state index contributed by atoms with van der Waals surface area (Å²) in [5.74, 6) is -0.793. The normalized spacial score (nSPS) is 14.9. The van der Waals surface area contributed by atoms with Gasteiger partial charge in [0.25, 0.3) is 11.8 Å². The van der Waals surface area contributed by atoms with Crippen molar-refractivity contribution in [1.29, 1.82) is 0 Å². The first-order valence-corrected chi connectivity index (χ1v) is 11.5. The maximum atomic E-state index is 13.4. The van der Waals surface area contributed by atoms with Crippen molar-refractivity contribution in [3.8, 4) is 5.75 Å². The topological polar surface area (TPSA) is 75.7 Å². The highest BCUT2D eigenvalue weighted by Crippen LogP contribution is 2.29. The molecule has 35 heavy (non-hydrogen) atoms. The molecule has 3 aromatic carbocycles. The number of hydrogen-bond donors (Lipinski definition) is 1. The molecule has 1 saturated heterocycles. The first kappa shape index (κ1) is 24.2. The number of hydrogen-bond acceptors (Lipinski definition) is 4. The van der Waals surface area contributed by atoms with Gasteiger partial charge in [0.2, 0.25) is 0 Å². The Balaban J connectivity index is 1.78. The highest BCUT2D eigenvalue weighted by atomic mass is 35.5. The molecule has 0 spiro atoms. The molecule has 1 fully saturated rings. The molecular formula is C28H25ClN2O4. The number of amides is 4. The summed E-state index contributed by atoms with van der Waals surface area (Å²) in [6.45, 7) is 5.84. The number of urea groups is 1. The molecule has 1 heterocycles. The van der Waals surface area contributed by atoms with E-state index in [9.17, 15) is 14.4 Å². The van der Waals surface area contributed by atoms with E-state index >= 15 is 0 Å². The van der Waals surface area contributed by atoms with E-state index in [0.29, 0.717) is 34.0 Å². The lowest BCUT2D eigenvalue weighted by atomic mass is 9.95. The maximum absolute atomic E-state index is 13.4. The fraction of sp³-hybridized carbons (Fsp3) is 0.179. The smallest absolute Gasteiger partial charge is 0.335 e. The Labute approximate surface area is 209 Å². The molecule has 0 aliphatic carbocycles. The number of aryl methyl sites for hydroxylation is 3. The van der Waals surface area contributed by atoms with Crippen LogP contribution in [0.3, 0.4) is 0 Å². The summed E-state index contributed by atoms with van der Waals surface area (Å²) in [6, 6.07) is 15.9.